The molecule has 0 aliphatic heterocycles. The molecule has 0 radical (unpaired) electrons. The zero-order valence-electron chi connectivity index (χ0n) is 31.5. The number of rotatable bonds is 8. The van der Waals surface area contributed by atoms with Crippen molar-refractivity contribution >= 4 is 111 Å². The number of fused-ring (bicyclic) bond motifs is 9. The Morgan fingerprint density at radius 1 is 0.492 bits per heavy atom. The smallest absolute Gasteiger partial charge is 0.333 e. The predicted octanol–water partition coefficient (Wildman–Crippen LogP) is 10.9. The largest absolute Gasteiger partial charge is 0.459 e. The van der Waals surface area contributed by atoms with Crippen LogP contribution in [0.1, 0.15) is 73.4 Å². The number of benzene rings is 4. The Balaban J connectivity index is 1.08. The molecule has 0 unspecified atom stereocenters. The quantitative estimate of drug-likeness (QED) is 0.0640. The zero-order valence-corrected chi connectivity index (χ0v) is 34.8. The maximum Gasteiger partial charge on any atom is 0.333 e. The Kier molecular flexibility index (Phi) is 8.69. The van der Waals surface area contributed by atoms with E-state index in [4.69, 9.17) is 9.47 Å². The lowest BCUT2D eigenvalue weighted by Crippen LogP contribution is -2.45. The Hall–Kier alpha value is -6.70. The molecule has 0 fully saturated rings. The summed E-state index contributed by atoms with van der Waals surface area (Å²) in [6.45, 7) is -0.209. The maximum atomic E-state index is 15.1. The van der Waals surface area contributed by atoms with E-state index in [1.807, 2.05) is 66.7 Å². The average molecular weight is 871 g/mol. The van der Waals surface area contributed by atoms with Gasteiger partial charge in [0.05, 0.1) is 35.0 Å². The first kappa shape index (κ1) is 37.3. The van der Waals surface area contributed by atoms with Crippen molar-refractivity contribution in [2.24, 2.45) is 0 Å². The fourth-order valence-corrected chi connectivity index (χ4v) is 13.9. The molecule has 8 nitrogen and oxygen atoms in total. The SMILES string of the molecule is O=C1C(=Cc2cc3c(s2)-c2sc4c(sc5cc(C=C6C(=O)c7ccccc7C6=O)sc54)c2C3(C(=O)OCc2ccccc2)C(=O)OCc2ccccc2)C(=O)c2ccccc21. The maximum absolute atomic E-state index is 15.1. The van der Waals surface area contributed by atoms with Gasteiger partial charge in [0, 0.05) is 47.8 Å². The molecule has 4 aromatic carbocycles. The van der Waals surface area contributed by atoms with Crippen molar-refractivity contribution in [3.8, 4) is 9.75 Å². The van der Waals surface area contributed by atoms with Gasteiger partial charge in [0.25, 0.3) is 0 Å². The van der Waals surface area contributed by atoms with Crippen LogP contribution in [-0.2, 0) is 37.7 Å². The Morgan fingerprint density at radius 3 is 1.44 bits per heavy atom. The van der Waals surface area contributed by atoms with Crippen molar-refractivity contribution in [3.05, 3.63) is 187 Å². The number of Topliss-reactive ketones (excluding diaryl/α,β-unsaturated/α-hetero) is 4. The van der Waals surface area contributed by atoms with Gasteiger partial charge >= 0.3 is 11.9 Å². The predicted molar refractivity (Wildman–Crippen MR) is 238 cm³/mol. The number of ketones is 4. The van der Waals surface area contributed by atoms with Gasteiger partial charge in [-0.25, -0.2) is 0 Å². The first-order chi connectivity index (χ1) is 29.7. The third kappa shape index (κ3) is 5.67. The lowest BCUT2D eigenvalue weighted by molar-refractivity contribution is -0.164. The zero-order chi connectivity index (χ0) is 41.6. The van der Waals surface area contributed by atoms with E-state index < -0.39 is 28.9 Å². The molecule has 294 valence electrons. The standard InChI is InChI=1S/C49H26O8S4/c50-38-29-15-7-8-16-30(29)39(51)33(38)19-27-21-35-42(58-27)44-37(49(35,47(54)56-23-25-11-3-1-4-12-25)48(55)57-24-26-13-5-2-6-14-26)45-46(61-44)43-36(60-45)22-28(59-43)20-34-40(52)31-17-9-10-18-32(31)41(34)53/h1-22H,23-24H2. The molecule has 0 amide bonds. The molecule has 0 atom stereocenters. The second-order valence-corrected chi connectivity index (χ2v) is 18.9. The summed E-state index contributed by atoms with van der Waals surface area (Å²) in [7, 11) is 0. The first-order valence-corrected chi connectivity index (χ1v) is 22.4. The minimum atomic E-state index is -2.07. The fourth-order valence-electron chi connectivity index (χ4n) is 8.30. The topological polar surface area (TPSA) is 121 Å². The molecular formula is C49H26O8S4. The van der Waals surface area contributed by atoms with Crippen LogP contribution in [0.25, 0.3) is 40.7 Å². The van der Waals surface area contributed by atoms with Crippen molar-refractivity contribution in [2.45, 2.75) is 18.6 Å². The number of thiophene rings is 4. The van der Waals surface area contributed by atoms with Crippen LogP contribution in [0.2, 0.25) is 0 Å². The highest BCUT2D eigenvalue weighted by molar-refractivity contribution is 7.40. The number of esters is 2. The van der Waals surface area contributed by atoms with Crippen LogP contribution in [0.3, 0.4) is 0 Å². The van der Waals surface area contributed by atoms with Gasteiger partial charge in [-0.1, -0.05) is 109 Å². The van der Waals surface area contributed by atoms with E-state index in [0.29, 0.717) is 52.7 Å². The first-order valence-electron chi connectivity index (χ1n) is 19.1. The Labute approximate surface area is 362 Å². The minimum absolute atomic E-state index is 0.00156. The summed E-state index contributed by atoms with van der Waals surface area (Å²) < 4.78 is 15.5. The van der Waals surface area contributed by atoms with Crippen molar-refractivity contribution < 1.29 is 38.2 Å². The third-order valence-corrected chi connectivity index (χ3v) is 16.3. The molecule has 4 aromatic heterocycles. The van der Waals surface area contributed by atoms with Gasteiger partial charge in [-0.2, -0.15) is 0 Å². The van der Waals surface area contributed by atoms with Crippen molar-refractivity contribution in [1.82, 2.24) is 0 Å². The van der Waals surface area contributed by atoms with Crippen molar-refractivity contribution in [1.29, 1.82) is 0 Å². The van der Waals surface area contributed by atoms with E-state index in [-0.39, 0.29) is 35.9 Å². The molecule has 12 heteroatoms. The number of hydrogen-bond donors (Lipinski definition) is 0. The molecule has 0 saturated carbocycles. The van der Waals surface area contributed by atoms with Gasteiger partial charge in [-0.05, 0) is 35.4 Å². The van der Waals surface area contributed by atoms with Crippen LogP contribution in [0.15, 0.2) is 132 Å². The van der Waals surface area contributed by atoms with E-state index in [2.05, 4.69) is 0 Å². The number of carbonyl (C=O) groups excluding carboxylic acids is 6. The molecule has 4 heterocycles. The molecule has 0 N–H and O–H groups in total. The summed E-state index contributed by atoms with van der Waals surface area (Å²) in [4.78, 5) is 86.3. The number of carbonyl (C=O) groups is 6. The van der Waals surface area contributed by atoms with Gasteiger partial charge in [0.1, 0.15) is 13.2 Å². The van der Waals surface area contributed by atoms with Gasteiger partial charge < -0.3 is 9.47 Å². The van der Waals surface area contributed by atoms with Crippen LogP contribution in [-0.4, -0.2) is 35.1 Å². The van der Waals surface area contributed by atoms with E-state index >= 15 is 9.59 Å². The van der Waals surface area contributed by atoms with Crippen LogP contribution in [0, 0.1) is 0 Å². The third-order valence-electron chi connectivity index (χ3n) is 11.2. The lowest BCUT2D eigenvalue weighted by atomic mass is 9.79. The molecule has 8 aromatic rings. The van der Waals surface area contributed by atoms with Crippen LogP contribution < -0.4 is 0 Å². The summed E-state index contributed by atoms with van der Waals surface area (Å²) >= 11 is 5.55. The molecule has 0 spiro atoms. The van der Waals surface area contributed by atoms with E-state index in [1.54, 1.807) is 66.7 Å². The summed E-state index contributed by atoms with van der Waals surface area (Å²) in [5.74, 6) is -3.04. The highest BCUT2D eigenvalue weighted by Gasteiger charge is 2.61. The highest BCUT2D eigenvalue weighted by atomic mass is 32.1. The van der Waals surface area contributed by atoms with E-state index in [0.717, 1.165) is 30.1 Å². The summed E-state index contributed by atoms with van der Waals surface area (Å²) in [6.07, 6.45) is 3.18. The van der Waals surface area contributed by atoms with Gasteiger partial charge in [-0.15, -0.1) is 45.3 Å². The molecule has 3 aliphatic carbocycles. The summed E-state index contributed by atoms with van der Waals surface area (Å²) in [5.41, 5.74) is 1.75. The Bertz CT molecular complexity index is 3190. The number of allylic oxidation sites excluding steroid dienone is 2. The number of ether oxygens (including phenoxy) is 2. The second kappa shape index (κ2) is 14.2. The lowest BCUT2D eigenvalue weighted by Gasteiger charge is -2.26. The normalized spacial score (nSPS) is 14.7. The van der Waals surface area contributed by atoms with Crippen LogP contribution >= 0.6 is 45.3 Å². The minimum Gasteiger partial charge on any atom is -0.459 e. The van der Waals surface area contributed by atoms with Crippen molar-refractivity contribution in [3.63, 3.8) is 0 Å². The van der Waals surface area contributed by atoms with Crippen LogP contribution in [0.4, 0.5) is 0 Å². The molecular weight excluding hydrogens is 845 g/mol. The second-order valence-electron chi connectivity index (χ2n) is 14.7. The highest BCUT2D eigenvalue weighted by Crippen LogP contribution is 2.62. The fraction of sp³-hybridized carbons (Fsp3) is 0.0612. The molecule has 0 bridgehead atoms. The molecule has 61 heavy (non-hydrogen) atoms. The number of hydrogen-bond acceptors (Lipinski definition) is 12. The van der Waals surface area contributed by atoms with Crippen LogP contribution in [0.5, 0.6) is 0 Å². The molecule has 0 saturated heterocycles. The molecule has 3 aliphatic rings. The van der Waals surface area contributed by atoms with E-state index in [1.165, 1.54) is 45.3 Å². The van der Waals surface area contributed by atoms with Gasteiger partial charge in [0.15, 0.2) is 23.1 Å². The van der Waals surface area contributed by atoms with Gasteiger partial charge in [0.2, 0.25) is 5.41 Å². The summed E-state index contributed by atoms with van der Waals surface area (Å²) in [6, 6.07) is 35.5. The molecule has 11 rings (SSSR count). The van der Waals surface area contributed by atoms with E-state index in [9.17, 15) is 19.2 Å². The Morgan fingerprint density at radius 2 is 0.951 bits per heavy atom. The van der Waals surface area contributed by atoms with Gasteiger partial charge in [-0.3, -0.25) is 28.8 Å². The average Bonchev–Trinajstić information content (AvgIpc) is 4.15. The van der Waals surface area contributed by atoms with Crippen molar-refractivity contribution in [2.75, 3.05) is 0 Å². The summed E-state index contributed by atoms with van der Waals surface area (Å²) in [5, 5.41) is 0. The monoisotopic (exact) mass is 870 g/mol.